The summed E-state index contributed by atoms with van der Waals surface area (Å²) < 4.78 is 12.6. The van der Waals surface area contributed by atoms with Gasteiger partial charge >= 0.3 is 0 Å². The molecule has 0 aliphatic heterocycles. The van der Waals surface area contributed by atoms with Crippen LogP contribution in [0.5, 0.6) is 0 Å². The molecule has 4 aliphatic rings. The second-order valence-corrected chi connectivity index (χ2v) is 18.8. The van der Waals surface area contributed by atoms with Crippen LogP contribution in [0.15, 0.2) is 11.6 Å². The van der Waals surface area contributed by atoms with Crippen LogP contribution in [0.1, 0.15) is 202 Å². The van der Waals surface area contributed by atoms with Crippen LogP contribution < -0.4 is 0 Å². The highest BCUT2D eigenvalue weighted by molar-refractivity contribution is 5.25. The quantitative estimate of drug-likeness (QED) is 0.0768. The van der Waals surface area contributed by atoms with E-state index < -0.39 is 0 Å². The summed E-state index contributed by atoms with van der Waals surface area (Å²) in [7, 11) is 0. The van der Waals surface area contributed by atoms with Crippen molar-refractivity contribution < 1.29 is 14.6 Å². The van der Waals surface area contributed by atoms with Gasteiger partial charge in [-0.2, -0.15) is 0 Å². The van der Waals surface area contributed by atoms with Gasteiger partial charge in [0.05, 0.1) is 19.3 Å². The van der Waals surface area contributed by atoms with Gasteiger partial charge in [0.1, 0.15) is 6.10 Å². The molecule has 4 rings (SSSR count). The molecule has 0 aromatic rings. The van der Waals surface area contributed by atoms with Crippen LogP contribution in [0.25, 0.3) is 0 Å². The Morgan fingerprint density at radius 1 is 0.755 bits per heavy atom. The molecule has 3 fully saturated rings. The topological polar surface area (TPSA) is 38.7 Å². The van der Waals surface area contributed by atoms with Crippen molar-refractivity contribution in [2.75, 3.05) is 19.8 Å². The van der Waals surface area contributed by atoms with Crippen LogP contribution in [0, 0.1) is 46.3 Å². The molecular weight excluding hydrogens is 601 g/mol. The fourth-order valence-corrected chi connectivity index (χ4v) is 11.7. The van der Waals surface area contributed by atoms with Gasteiger partial charge in [0.25, 0.3) is 0 Å². The largest absolute Gasteiger partial charge is 0.394 e. The number of ether oxygens (including phenoxy) is 2. The van der Waals surface area contributed by atoms with Gasteiger partial charge in [0, 0.05) is 6.61 Å². The maximum atomic E-state index is 10.0. The molecule has 3 nitrogen and oxygen atoms in total. The SMILES string of the molecule is CCCCCCCCCCCCCCCCOC(CO)CO[C@H]1CC[C@@]2(C)C(=CC[C@H]3[C@@H]4CC[C@H]([C@H](C)CCCC(C)C)[C@@]4(C)CC[C@@H]32)C1. The summed E-state index contributed by atoms with van der Waals surface area (Å²) in [5.74, 6) is 5.33. The number of allylic oxidation sites excluding steroid dienone is 1. The molecule has 3 heteroatoms. The van der Waals surface area contributed by atoms with E-state index in [9.17, 15) is 5.11 Å². The molecule has 1 unspecified atom stereocenters. The van der Waals surface area contributed by atoms with Gasteiger partial charge in [0.2, 0.25) is 0 Å². The van der Waals surface area contributed by atoms with Crippen molar-refractivity contribution in [1.29, 1.82) is 0 Å². The lowest BCUT2D eigenvalue weighted by Gasteiger charge is -2.58. The van der Waals surface area contributed by atoms with Gasteiger partial charge in [-0.15, -0.1) is 0 Å². The van der Waals surface area contributed by atoms with Crippen molar-refractivity contribution >= 4 is 0 Å². The van der Waals surface area contributed by atoms with Gasteiger partial charge in [-0.1, -0.05) is 156 Å². The van der Waals surface area contributed by atoms with E-state index in [1.807, 2.05) is 0 Å². The maximum absolute atomic E-state index is 10.0. The normalized spacial score (nSPS) is 32.4. The predicted octanol–water partition coefficient (Wildman–Crippen LogP) is 13.3. The molecule has 0 spiro atoms. The van der Waals surface area contributed by atoms with E-state index >= 15 is 0 Å². The monoisotopic (exact) mass is 685 g/mol. The zero-order valence-electron chi connectivity index (χ0n) is 33.8. The Labute approximate surface area is 305 Å². The minimum Gasteiger partial charge on any atom is -0.394 e. The second kappa shape index (κ2) is 21.4. The van der Waals surface area contributed by atoms with Crippen LogP contribution in [0.4, 0.5) is 0 Å². The summed E-state index contributed by atoms with van der Waals surface area (Å²) in [6.07, 6.45) is 36.9. The second-order valence-electron chi connectivity index (χ2n) is 18.8. The highest BCUT2D eigenvalue weighted by Gasteiger charge is 2.59. The van der Waals surface area contributed by atoms with E-state index in [4.69, 9.17) is 9.47 Å². The van der Waals surface area contributed by atoms with E-state index in [-0.39, 0.29) is 18.8 Å². The zero-order chi connectivity index (χ0) is 35.1. The van der Waals surface area contributed by atoms with Crippen molar-refractivity contribution in [2.24, 2.45) is 46.3 Å². The van der Waals surface area contributed by atoms with Crippen LogP contribution in [-0.4, -0.2) is 37.1 Å². The minimum atomic E-state index is -0.181. The molecule has 4 aliphatic carbocycles. The van der Waals surface area contributed by atoms with Gasteiger partial charge < -0.3 is 14.6 Å². The third kappa shape index (κ3) is 11.8. The Hall–Kier alpha value is -0.380. The van der Waals surface area contributed by atoms with Crippen LogP contribution in [-0.2, 0) is 9.47 Å². The van der Waals surface area contributed by atoms with Crippen LogP contribution in [0.3, 0.4) is 0 Å². The summed E-state index contributed by atoms with van der Waals surface area (Å²) >= 11 is 0. The summed E-state index contributed by atoms with van der Waals surface area (Å²) in [4.78, 5) is 0. The third-order valence-corrected chi connectivity index (χ3v) is 14.8. The molecule has 0 saturated heterocycles. The maximum Gasteiger partial charge on any atom is 0.104 e. The van der Waals surface area contributed by atoms with Crippen LogP contribution >= 0.6 is 0 Å². The van der Waals surface area contributed by atoms with E-state index in [1.165, 1.54) is 141 Å². The zero-order valence-corrected chi connectivity index (χ0v) is 33.8. The third-order valence-electron chi connectivity index (χ3n) is 14.8. The van der Waals surface area contributed by atoms with Crippen molar-refractivity contribution in [1.82, 2.24) is 0 Å². The standard InChI is InChI=1S/C46H84O3/c1-7-8-9-10-11-12-13-14-15-16-17-18-19-20-32-48-40(34-47)35-49-39-28-30-45(5)38(33-39)24-25-41-43-27-26-42(37(4)23-21-22-36(2)3)46(43,6)31-29-44(41)45/h24,36-37,39-44,47H,7-23,25-35H2,1-6H3/t37-,39+,40?,41+,42-,43+,44+,45+,46-/m1/s1. The van der Waals surface area contributed by atoms with E-state index in [2.05, 4.69) is 47.6 Å². The highest BCUT2D eigenvalue weighted by Crippen LogP contribution is 2.67. The number of aliphatic hydroxyl groups excluding tert-OH is 1. The lowest BCUT2D eigenvalue weighted by Crippen LogP contribution is -2.51. The van der Waals surface area contributed by atoms with Gasteiger partial charge in [-0.05, 0) is 104 Å². The lowest BCUT2D eigenvalue weighted by molar-refractivity contribution is -0.0872. The molecule has 0 radical (unpaired) electrons. The van der Waals surface area contributed by atoms with Gasteiger partial charge in [-0.3, -0.25) is 0 Å². The Bertz CT molecular complexity index is 927. The molecule has 286 valence electrons. The fraction of sp³-hybridized carbons (Fsp3) is 0.957. The number of rotatable bonds is 25. The molecule has 1 N–H and O–H groups in total. The average molecular weight is 685 g/mol. The van der Waals surface area contributed by atoms with E-state index in [1.54, 1.807) is 5.57 Å². The molecule has 3 saturated carbocycles. The molecular formula is C46H84O3. The van der Waals surface area contributed by atoms with E-state index in [0.29, 0.717) is 17.4 Å². The summed E-state index contributed by atoms with van der Waals surface area (Å²) in [5.41, 5.74) is 2.63. The van der Waals surface area contributed by atoms with Crippen molar-refractivity contribution in [3.8, 4) is 0 Å². The first kappa shape index (κ1) is 41.4. The molecule has 0 bridgehead atoms. The first-order valence-electron chi connectivity index (χ1n) is 22.3. The molecule has 0 aromatic heterocycles. The van der Waals surface area contributed by atoms with Crippen molar-refractivity contribution in [2.45, 2.75) is 214 Å². The number of aliphatic hydroxyl groups is 1. The fourth-order valence-electron chi connectivity index (χ4n) is 11.7. The summed E-state index contributed by atoms with van der Waals surface area (Å²) in [6.45, 7) is 16.4. The molecule has 0 aromatic carbocycles. The minimum absolute atomic E-state index is 0.0625. The Kier molecular flexibility index (Phi) is 18.0. The Morgan fingerprint density at radius 3 is 2.04 bits per heavy atom. The number of fused-ring (bicyclic) bond motifs is 5. The first-order valence-corrected chi connectivity index (χ1v) is 22.3. The highest BCUT2D eigenvalue weighted by atomic mass is 16.5. The number of unbranched alkanes of at least 4 members (excludes halogenated alkanes) is 13. The summed E-state index contributed by atoms with van der Waals surface area (Å²) in [5, 5.41) is 10.0. The molecule has 9 atom stereocenters. The Balaban J connectivity index is 1.10. The predicted molar refractivity (Wildman–Crippen MR) is 210 cm³/mol. The Morgan fingerprint density at radius 2 is 1.41 bits per heavy atom. The average Bonchev–Trinajstić information content (AvgIpc) is 3.45. The molecule has 0 amide bonds. The first-order chi connectivity index (χ1) is 23.7. The van der Waals surface area contributed by atoms with Crippen LogP contribution in [0.2, 0.25) is 0 Å². The molecule has 0 heterocycles. The van der Waals surface area contributed by atoms with Crippen molar-refractivity contribution in [3.05, 3.63) is 11.6 Å². The van der Waals surface area contributed by atoms with Gasteiger partial charge in [0.15, 0.2) is 0 Å². The lowest BCUT2D eigenvalue weighted by atomic mass is 9.47. The van der Waals surface area contributed by atoms with Gasteiger partial charge in [-0.25, -0.2) is 0 Å². The van der Waals surface area contributed by atoms with Crippen molar-refractivity contribution in [3.63, 3.8) is 0 Å². The number of hydrogen-bond donors (Lipinski definition) is 1. The smallest absolute Gasteiger partial charge is 0.104 e. The summed E-state index contributed by atoms with van der Waals surface area (Å²) in [6, 6.07) is 0. The van der Waals surface area contributed by atoms with E-state index in [0.717, 1.165) is 61.4 Å². The molecule has 49 heavy (non-hydrogen) atoms. The number of hydrogen-bond acceptors (Lipinski definition) is 3.